The number of nitrogens with zero attached hydrogens (tertiary/aromatic N) is 2. The normalized spacial score (nSPS) is 10.3. The molecule has 1 heterocycles. The van der Waals surface area contributed by atoms with Crippen LogP contribution in [0.15, 0.2) is 24.3 Å². The van der Waals surface area contributed by atoms with Crippen molar-refractivity contribution < 1.29 is 13.9 Å². The summed E-state index contributed by atoms with van der Waals surface area (Å²) in [6, 6.07) is 5.66. The first kappa shape index (κ1) is 14.2. The highest BCUT2D eigenvalue weighted by atomic mass is 35.5. The summed E-state index contributed by atoms with van der Waals surface area (Å²) in [6.07, 6.45) is 0. The molecular formula is C13H11ClFN3O2. The molecule has 0 saturated heterocycles. The Morgan fingerprint density at radius 1 is 1.45 bits per heavy atom. The van der Waals surface area contributed by atoms with Gasteiger partial charge in [-0.25, -0.2) is 19.2 Å². The van der Waals surface area contributed by atoms with Crippen molar-refractivity contribution in [3.63, 3.8) is 0 Å². The standard InChI is InChI=1S/C13H11ClFN3O2/c1-2-20-13(19)9-10(14)17-12(18-11(9)16)7-4-3-5-8(15)6-7/h3-6H,2H2,1H3,(H2,16,17,18). The number of aromatic nitrogens is 2. The largest absolute Gasteiger partial charge is 0.462 e. The molecule has 0 aliphatic carbocycles. The van der Waals surface area contributed by atoms with E-state index in [1.54, 1.807) is 13.0 Å². The molecular weight excluding hydrogens is 285 g/mol. The van der Waals surface area contributed by atoms with Gasteiger partial charge in [0.15, 0.2) is 5.82 Å². The minimum absolute atomic E-state index is 0.0892. The second-order valence-electron chi connectivity index (χ2n) is 3.83. The molecule has 0 atom stereocenters. The zero-order valence-electron chi connectivity index (χ0n) is 10.6. The van der Waals surface area contributed by atoms with Gasteiger partial charge in [-0.05, 0) is 19.1 Å². The van der Waals surface area contributed by atoms with Crippen LogP contribution in [0.3, 0.4) is 0 Å². The zero-order chi connectivity index (χ0) is 14.7. The number of nitrogens with two attached hydrogens (primary N) is 1. The molecule has 2 aromatic rings. The first-order valence-corrected chi connectivity index (χ1v) is 6.16. The molecule has 1 aromatic carbocycles. The van der Waals surface area contributed by atoms with Gasteiger partial charge in [0.1, 0.15) is 22.4 Å². The number of halogens is 2. The number of benzene rings is 1. The highest BCUT2D eigenvalue weighted by Gasteiger charge is 2.20. The number of carbonyl (C=O) groups is 1. The van der Waals surface area contributed by atoms with Crippen molar-refractivity contribution in [3.8, 4) is 11.4 Å². The van der Waals surface area contributed by atoms with Crippen LogP contribution in [0.25, 0.3) is 11.4 Å². The van der Waals surface area contributed by atoms with Crippen LogP contribution in [0.2, 0.25) is 5.15 Å². The summed E-state index contributed by atoms with van der Waals surface area (Å²) < 4.78 is 18.0. The molecule has 0 aliphatic heterocycles. The number of anilines is 1. The summed E-state index contributed by atoms with van der Waals surface area (Å²) in [6.45, 7) is 1.84. The first-order chi connectivity index (χ1) is 9.52. The van der Waals surface area contributed by atoms with E-state index in [9.17, 15) is 9.18 Å². The van der Waals surface area contributed by atoms with Gasteiger partial charge >= 0.3 is 5.97 Å². The Labute approximate surface area is 119 Å². The van der Waals surface area contributed by atoms with Gasteiger partial charge in [-0.1, -0.05) is 23.7 Å². The molecule has 0 fully saturated rings. The van der Waals surface area contributed by atoms with Crippen LogP contribution in [0.5, 0.6) is 0 Å². The third-order valence-corrected chi connectivity index (χ3v) is 2.73. The maximum Gasteiger partial charge on any atom is 0.345 e. The molecule has 2 N–H and O–H groups in total. The van der Waals surface area contributed by atoms with Crippen molar-refractivity contribution in [1.82, 2.24) is 9.97 Å². The third kappa shape index (κ3) is 2.85. The summed E-state index contributed by atoms with van der Waals surface area (Å²) in [5.41, 5.74) is 6.02. The SMILES string of the molecule is CCOC(=O)c1c(N)nc(-c2cccc(F)c2)nc1Cl. The van der Waals surface area contributed by atoms with Crippen LogP contribution in [-0.4, -0.2) is 22.5 Å². The summed E-state index contributed by atoms with van der Waals surface area (Å²) in [5.74, 6) is -1.10. The Bertz CT molecular complexity index is 641. The molecule has 2 rings (SSSR count). The number of carbonyl (C=O) groups excluding carboxylic acids is 1. The van der Waals surface area contributed by atoms with E-state index in [2.05, 4.69) is 9.97 Å². The van der Waals surface area contributed by atoms with Crippen LogP contribution >= 0.6 is 11.6 Å². The summed E-state index contributed by atoms with van der Waals surface area (Å²) in [4.78, 5) is 19.6. The monoisotopic (exact) mass is 295 g/mol. The molecule has 0 unspecified atom stereocenters. The van der Waals surface area contributed by atoms with Crippen molar-refractivity contribution in [2.75, 3.05) is 12.3 Å². The Morgan fingerprint density at radius 2 is 2.20 bits per heavy atom. The Balaban J connectivity index is 2.47. The lowest BCUT2D eigenvalue weighted by atomic mass is 10.2. The van der Waals surface area contributed by atoms with Crippen LogP contribution < -0.4 is 5.73 Å². The Morgan fingerprint density at radius 3 is 2.80 bits per heavy atom. The van der Waals surface area contributed by atoms with Gasteiger partial charge in [-0.2, -0.15) is 0 Å². The number of rotatable bonds is 3. The van der Waals surface area contributed by atoms with Gasteiger partial charge in [0, 0.05) is 5.56 Å². The van der Waals surface area contributed by atoms with Crippen molar-refractivity contribution in [2.45, 2.75) is 6.92 Å². The van der Waals surface area contributed by atoms with E-state index in [1.807, 2.05) is 0 Å². The second kappa shape index (κ2) is 5.83. The molecule has 0 bridgehead atoms. The highest BCUT2D eigenvalue weighted by Crippen LogP contribution is 2.25. The zero-order valence-corrected chi connectivity index (χ0v) is 11.3. The quantitative estimate of drug-likeness (QED) is 0.696. The molecule has 5 nitrogen and oxygen atoms in total. The molecule has 1 aromatic heterocycles. The molecule has 0 spiro atoms. The Hall–Kier alpha value is -2.21. The third-order valence-electron chi connectivity index (χ3n) is 2.46. The molecule has 0 radical (unpaired) electrons. The maximum atomic E-state index is 13.2. The number of hydrogen-bond acceptors (Lipinski definition) is 5. The maximum absolute atomic E-state index is 13.2. The van der Waals surface area contributed by atoms with Crippen LogP contribution in [-0.2, 0) is 4.74 Å². The smallest absolute Gasteiger partial charge is 0.345 e. The van der Waals surface area contributed by atoms with Crippen molar-refractivity contribution in [1.29, 1.82) is 0 Å². The van der Waals surface area contributed by atoms with E-state index in [4.69, 9.17) is 22.1 Å². The fourth-order valence-electron chi connectivity index (χ4n) is 1.60. The predicted molar refractivity (Wildman–Crippen MR) is 72.8 cm³/mol. The van der Waals surface area contributed by atoms with Crippen LogP contribution in [0, 0.1) is 5.82 Å². The van der Waals surface area contributed by atoms with Crippen molar-refractivity contribution in [2.24, 2.45) is 0 Å². The average Bonchev–Trinajstić information content (AvgIpc) is 2.38. The van der Waals surface area contributed by atoms with E-state index in [-0.39, 0.29) is 29.0 Å². The fraction of sp³-hybridized carbons (Fsp3) is 0.154. The molecule has 104 valence electrons. The Kier molecular flexibility index (Phi) is 4.14. The van der Waals surface area contributed by atoms with E-state index in [1.165, 1.54) is 18.2 Å². The molecule has 7 heteroatoms. The van der Waals surface area contributed by atoms with Crippen LogP contribution in [0.4, 0.5) is 10.2 Å². The number of esters is 1. The van der Waals surface area contributed by atoms with E-state index >= 15 is 0 Å². The minimum Gasteiger partial charge on any atom is -0.462 e. The van der Waals surface area contributed by atoms with E-state index in [0.29, 0.717) is 5.56 Å². The van der Waals surface area contributed by atoms with Crippen LogP contribution in [0.1, 0.15) is 17.3 Å². The second-order valence-corrected chi connectivity index (χ2v) is 4.19. The van der Waals surface area contributed by atoms with Gasteiger partial charge in [0.05, 0.1) is 6.61 Å². The van der Waals surface area contributed by atoms with E-state index < -0.39 is 11.8 Å². The average molecular weight is 296 g/mol. The summed E-state index contributed by atoms with van der Waals surface area (Å²) in [7, 11) is 0. The lowest BCUT2D eigenvalue weighted by Crippen LogP contribution is -2.12. The van der Waals surface area contributed by atoms with Gasteiger partial charge in [-0.3, -0.25) is 0 Å². The van der Waals surface area contributed by atoms with E-state index in [0.717, 1.165) is 0 Å². The fourth-order valence-corrected chi connectivity index (χ4v) is 1.85. The number of nitrogen functional groups attached to an aromatic ring is 1. The minimum atomic E-state index is -0.694. The predicted octanol–water partition coefficient (Wildman–Crippen LogP) is 2.70. The van der Waals surface area contributed by atoms with Gasteiger partial charge in [0.2, 0.25) is 0 Å². The van der Waals surface area contributed by atoms with Gasteiger partial charge < -0.3 is 10.5 Å². The van der Waals surface area contributed by atoms with Crippen molar-refractivity contribution >= 4 is 23.4 Å². The molecule has 20 heavy (non-hydrogen) atoms. The number of hydrogen-bond donors (Lipinski definition) is 1. The van der Waals surface area contributed by atoms with Gasteiger partial charge in [-0.15, -0.1) is 0 Å². The molecule has 0 saturated carbocycles. The highest BCUT2D eigenvalue weighted by molar-refractivity contribution is 6.33. The van der Waals surface area contributed by atoms with Gasteiger partial charge in [0.25, 0.3) is 0 Å². The summed E-state index contributed by atoms with van der Waals surface area (Å²) >= 11 is 5.93. The topological polar surface area (TPSA) is 78.1 Å². The lowest BCUT2D eigenvalue weighted by Gasteiger charge is -2.08. The lowest BCUT2D eigenvalue weighted by molar-refractivity contribution is 0.0527. The summed E-state index contributed by atoms with van der Waals surface area (Å²) in [5, 5.41) is -0.129. The first-order valence-electron chi connectivity index (χ1n) is 5.79. The number of ether oxygens (including phenoxy) is 1. The molecule has 0 aliphatic rings. The van der Waals surface area contributed by atoms with Crippen molar-refractivity contribution in [3.05, 3.63) is 40.8 Å². The molecule has 0 amide bonds.